The van der Waals surface area contributed by atoms with Gasteiger partial charge in [-0.1, -0.05) is 31.0 Å². The summed E-state index contributed by atoms with van der Waals surface area (Å²) in [5.41, 5.74) is 3.16. The van der Waals surface area contributed by atoms with E-state index in [-0.39, 0.29) is 30.8 Å². The van der Waals surface area contributed by atoms with Crippen molar-refractivity contribution in [2.24, 2.45) is 0 Å². The Balaban J connectivity index is 1.28. The molecule has 2 aromatic rings. The Bertz CT molecular complexity index is 992. The predicted octanol–water partition coefficient (Wildman–Crippen LogP) is 2.75. The smallest absolute Gasteiger partial charge is 0.325 e. The minimum absolute atomic E-state index is 0.103. The first-order valence-corrected chi connectivity index (χ1v) is 10.9. The van der Waals surface area contributed by atoms with E-state index in [0.717, 1.165) is 35.5 Å². The molecule has 0 radical (unpaired) electrons. The molecule has 1 aromatic carbocycles. The average molecular weight is 424 g/mol. The number of amides is 4. The summed E-state index contributed by atoms with van der Waals surface area (Å²) in [5.74, 6) is -0.233. The maximum atomic E-state index is 12.7. The van der Waals surface area contributed by atoms with Gasteiger partial charge in [0.15, 0.2) is 0 Å². The van der Waals surface area contributed by atoms with E-state index < -0.39 is 5.54 Å². The molecular weight excluding hydrogens is 394 g/mol. The first-order valence-electron chi connectivity index (χ1n) is 10.9. The quantitative estimate of drug-likeness (QED) is 0.670. The van der Waals surface area contributed by atoms with Gasteiger partial charge in [-0.2, -0.15) is 5.10 Å². The fraction of sp³-hybridized carbons (Fsp3) is 0.478. The molecule has 2 fully saturated rings. The SMILES string of the molecule is Cc1nn(-c2ccccc2)c(C)c1CNC(=O)CCCN1C(=O)NC2(CCCC2)C1=O. The van der Waals surface area contributed by atoms with Gasteiger partial charge in [0.1, 0.15) is 5.54 Å². The van der Waals surface area contributed by atoms with Crippen LogP contribution >= 0.6 is 0 Å². The van der Waals surface area contributed by atoms with Crippen LogP contribution in [0.5, 0.6) is 0 Å². The van der Waals surface area contributed by atoms with E-state index in [9.17, 15) is 14.4 Å². The maximum Gasteiger partial charge on any atom is 0.325 e. The number of carbonyl (C=O) groups is 3. The van der Waals surface area contributed by atoms with Gasteiger partial charge in [0, 0.05) is 30.8 Å². The zero-order valence-electron chi connectivity index (χ0n) is 18.1. The zero-order valence-corrected chi connectivity index (χ0v) is 18.1. The molecule has 1 aliphatic heterocycles. The topological polar surface area (TPSA) is 96.3 Å². The normalized spacial score (nSPS) is 17.4. The zero-order chi connectivity index (χ0) is 22.0. The van der Waals surface area contributed by atoms with E-state index >= 15 is 0 Å². The van der Waals surface area contributed by atoms with Gasteiger partial charge in [-0.25, -0.2) is 9.48 Å². The number of aryl methyl sites for hydroxylation is 1. The number of aromatic nitrogens is 2. The van der Waals surface area contributed by atoms with E-state index in [2.05, 4.69) is 15.7 Å². The highest BCUT2D eigenvalue weighted by molar-refractivity contribution is 6.07. The van der Waals surface area contributed by atoms with Gasteiger partial charge in [-0.05, 0) is 45.2 Å². The maximum absolute atomic E-state index is 12.7. The van der Waals surface area contributed by atoms with Crippen molar-refractivity contribution in [3.8, 4) is 5.69 Å². The van der Waals surface area contributed by atoms with Crippen LogP contribution in [-0.2, 0) is 16.1 Å². The van der Waals surface area contributed by atoms with Crippen molar-refractivity contribution in [2.75, 3.05) is 6.54 Å². The van der Waals surface area contributed by atoms with E-state index in [1.54, 1.807) is 0 Å². The Morgan fingerprint density at radius 1 is 1.16 bits per heavy atom. The molecule has 4 rings (SSSR count). The van der Waals surface area contributed by atoms with Crippen molar-refractivity contribution < 1.29 is 14.4 Å². The second-order valence-corrected chi connectivity index (χ2v) is 8.45. The number of rotatable bonds is 7. The van der Waals surface area contributed by atoms with Crippen molar-refractivity contribution in [1.82, 2.24) is 25.3 Å². The summed E-state index contributed by atoms with van der Waals surface area (Å²) in [7, 11) is 0. The Morgan fingerprint density at radius 2 is 1.87 bits per heavy atom. The van der Waals surface area contributed by atoms with E-state index in [4.69, 9.17) is 0 Å². The van der Waals surface area contributed by atoms with Gasteiger partial charge in [-0.15, -0.1) is 0 Å². The van der Waals surface area contributed by atoms with Crippen LogP contribution in [0.4, 0.5) is 4.79 Å². The fourth-order valence-electron chi connectivity index (χ4n) is 4.62. The highest BCUT2D eigenvalue weighted by atomic mass is 16.2. The molecule has 0 atom stereocenters. The van der Waals surface area contributed by atoms with E-state index in [0.29, 0.717) is 25.8 Å². The first-order chi connectivity index (χ1) is 14.9. The molecule has 31 heavy (non-hydrogen) atoms. The summed E-state index contributed by atoms with van der Waals surface area (Å²) in [4.78, 5) is 38.5. The van der Waals surface area contributed by atoms with Crippen LogP contribution in [0.1, 0.15) is 55.5 Å². The third-order valence-corrected chi connectivity index (χ3v) is 6.39. The van der Waals surface area contributed by atoms with Crippen molar-refractivity contribution in [3.05, 3.63) is 47.3 Å². The van der Waals surface area contributed by atoms with Gasteiger partial charge >= 0.3 is 6.03 Å². The fourth-order valence-corrected chi connectivity index (χ4v) is 4.62. The Labute approximate surface area is 182 Å². The Morgan fingerprint density at radius 3 is 2.58 bits per heavy atom. The molecule has 164 valence electrons. The lowest BCUT2D eigenvalue weighted by atomic mass is 9.98. The largest absolute Gasteiger partial charge is 0.352 e. The number of urea groups is 1. The standard InChI is InChI=1S/C23H29N5O3/c1-16-19(17(2)28(26-16)18-9-4-3-5-10-18)15-24-20(29)11-8-14-27-21(30)23(25-22(27)31)12-6-7-13-23/h3-5,9-10H,6-8,11-15H2,1-2H3,(H,24,29)(H,25,31). The number of imide groups is 1. The van der Waals surface area contributed by atoms with Gasteiger partial charge < -0.3 is 10.6 Å². The molecular formula is C23H29N5O3. The summed E-state index contributed by atoms with van der Waals surface area (Å²) in [6.45, 7) is 4.59. The second kappa shape index (κ2) is 8.53. The second-order valence-electron chi connectivity index (χ2n) is 8.45. The van der Waals surface area contributed by atoms with Crippen LogP contribution in [-0.4, -0.2) is 44.6 Å². The summed E-state index contributed by atoms with van der Waals surface area (Å²) in [5, 5.41) is 10.4. The molecule has 8 heteroatoms. The lowest BCUT2D eigenvalue weighted by Crippen LogP contribution is -2.44. The molecule has 8 nitrogen and oxygen atoms in total. The van der Waals surface area contributed by atoms with Gasteiger partial charge in [-0.3, -0.25) is 14.5 Å². The molecule has 2 aliphatic rings. The number of carbonyl (C=O) groups excluding carboxylic acids is 3. The molecule has 1 spiro atoms. The lowest BCUT2D eigenvalue weighted by Gasteiger charge is -2.19. The minimum Gasteiger partial charge on any atom is -0.352 e. The van der Waals surface area contributed by atoms with Crippen molar-refractivity contribution >= 4 is 17.8 Å². The van der Waals surface area contributed by atoms with Crippen LogP contribution in [0.3, 0.4) is 0 Å². The molecule has 4 amide bonds. The molecule has 0 unspecified atom stereocenters. The van der Waals surface area contributed by atoms with Crippen molar-refractivity contribution in [3.63, 3.8) is 0 Å². The molecule has 0 bridgehead atoms. The predicted molar refractivity (Wildman–Crippen MR) is 116 cm³/mol. The van der Waals surface area contributed by atoms with Crippen LogP contribution in [0.2, 0.25) is 0 Å². The molecule has 1 aliphatic carbocycles. The van der Waals surface area contributed by atoms with Gasteiger partial charge in [0.05, 0.1) is 11.4 Å². The highest BCUT2D eigenvalue weighted by Gasteiger charge is 2.52. The van der Waals surface area contributed by atoms with Crippen molar-refractivity contribution in [2.45, 2.75) is 64.5 Å². The van der Waals surface area contributed by atoms with E-state index in [1.165, 1.54) is 4.90 Å². The van der Waals surface area contributed by atoms with Crippen molar-refractivity contribution in [1.29, 1.82) is 0 Å². The molecule has 2 N–H and O–H groups in total. The van der Waals surface area contributed by atoms with Crippen LogP contribution in [0, 0.1) is 13.8 Å². The molecule has 1 saturated carbocycles. The third-order valence-electron chi connectivity index (χ3n) is 6.39. The average Bonchev–Trinajstić information content (AvgIpc) is 3.41. The lowest BCUT2D eigenvalue weighted by molar-refractivity contribution is -0.131. The summed E-state index contributed by atoms with van der Waals surface area (Å²) < 4.78 is 1.88. The van der Waals surface area contributed by atoms with Gasteiger partial charge in [0.2, 0.25) is 5.91 Å². The van der Waals surface area contributed by atoms with Crippen LogP contribution in [0.15, 0.2) is 30.3 Å². The number of hydrogen-bond donors (Lipinski definition) is 2. The summed E-state index contributed by atoms with van der Waals surface area (Å²) >= 11 is 0. The molecule has 2 heterocycles. The number of nitrogens with one attached hydrogen (secondary N) is 2. The number of benzene rings is 1. The molecule has 1 saturated heterocycles. The number of nitrogens with zero attached hydrogens (tertiary/aromatic N) is 3. The van der Waals surface area contributed by atoms with E-state index in [1.807, 2.05) is 48.9 Å². The Kier molecular flexibility index (Phi) is 5.80. The number of hydrogen-bond acceptors (Lipinski definition) is 4. The van der Waals surface area contributed by atoms with Crippen LogP contribution < -0.4 is 10.6 Å². The first kappa shape index (κ1) is 21.1. The summed E-state index contributed by atoms with van der Waals surface area (Å²) in [6, 6.07) is 9.55. The third kappa shape index (κ3) is 4.06. The highest BCUT2D eigenvalue weighted by Crippen LogP contribution is 2.35. The molecule has 1 aromatic heterocycles. The number of para-hydroxylation sites is 1. The van der Waals surface area contributed by atoms with Gasteiger partial charge in [0.25, 0.3) is 5.91 Å². The minimum atomic E-state index is -0.687. The van der Waals surface area contributed by atoms with Crippen LogP contribution in [0.25, 0.3) is 5.69 Å². The monoisotopic (exact) mass is 423 g/mol. The Hall–Kier alpha value is -3.16. The summed E-state index contributed by atoms with van der Waals surface area (Å²) in [6.07, 6.45) is 4.05.